The smallest absolute Gasteiger partial charge is 0.334 e. The Bertz CT molecular complexity index is 344. The van der Waals surface area contributed by atoms with Crippen molar-refractivity contribution < 1.29 is 19.4 Å². The molecule has 0 aromatic carbocycles. The molecule has 2 rings (SSSR count). The summed E-state index contributed by atoms with van der Waals surface area (Å²) in [6.45, 7) is 2.44. The van der Waals surface area contributed by atoms with E-state index >= 15 is 0 Å². The van der Waals surface area contributed by atoms with E-state index in [-0.39, 0.29) is 24.5 Å². The number of carbonyl (C=O) groups is 2. The van der Waals surface area contributed by atoms with Gasteiger partial charge in [-0.3, -0.25) is 4.79 Å². The zero-order chi connectivity index (χ0) is 12.4. The van der Waals surface area contributed by atoms with Gasteiger partial charge in [-0.05, 0) is 19.8 Å². The van der Waals surface area contributed by atoms with Crippen LogP contribution in [0.4, 0.5) is 0 Å². The van der Waals surface area contributed by atoms with E-state index in [9.17, 15) is 9.59 Å². The molecule has 0 aromatic rings. The van der Waals surface area contributed by atoms with Crippen molar-refractivity contribution in [1.82, 2.24) is 4.90 Å². The van der Waals surface area contributed by atoms with Crippen molar-refractivity contribution in [2.45, 2.75) is 32.0 Å². The number of carboxylic acid groups (broad SMARTS) is 1. The lowest BCUT2D eigenvalue weighted by Crippen LogP contribution is -2.53. The fourth-order valence-corrected chi connectivity index (χ4v) is 2.34. The lowest BCUT2D eigenvalue weighted by molar-refractivity contribution is -0.167. The number of carboxylic acids is 1. The monoisotopic (exact) mass is 239 g/mol. The molecule has 0 saturated carbocycles. The Labute approximate surface area is 100 Å². The number of ether oxygens (including phenoxy) is 1. The summed E-state index contributed by atoms with van der Waals surface area (Å²) in [5.74, 6) is -0.954. The number of aliphatic carboxylic acids is 1. The van der Waals surface area contributed by atoms with Gasteiger partial charge in [0.05, 0.1) is 12.6 Å². The number of hydrogen-bond acceptors (Lipinski definition) is 3. The van der Waals surface area contributed by atoms with Gasteiger partial charge in [0.2, 0.25) is 5.91 Å². The maximum Gasteiger partial charge on any atom is 0.334 e. The second-order valence-electron chi connectivity index (χ2n) is 4.66. The molecule has 1 N–H and O–H groups in total. The van der Waals surface area contributed by atoms with Crippen molar-refractivity contribution >= 4 is 11.9 Å². The van der Waals surface area contributed by atoms with Crippen molar-refractivity contribution in [2.24, 2.45) is 5.92 Å². The van der Waals surface area contributed by atoms with Crippen LogP contribution in [0.5, 0.6) is 0 Å². The third-order valence-corrected chi connectivity index (χ3v) is 3.20. The molecule has 5 nitrogen and oxygen atoms in total. The summed E-state index contributed by atoms with van der Waals surface area (Å²) >= 11 is 0. The van der Waals surface area contributed by atoms with E-state index in [1.54, 1.807) is 11.8 Å². The molecule has 1 saturated heterocycles. The first-order valence-electron chi connectivity index (χ1n) is 5.90. The molecule has 1 unspecified atom stereocenters. The molecule has 0 aromatic heterocycles. The van der Waals surface area contributed by atoms with E-state index in [2.05, 4.69) is 0 Å². The second-order valence-corrected chi connectivity index (χ2v) is 4.66. The topological polar surface area (TPSA) is 66.8 Å². The highest BCUT2D eigenvalue weighted by molar-refractivity contribution is 5.81. The van der Waals surface area contributed by atoms with Crippen LogP contribution in [0.2, 0.25) is 0 Å². The predicted molar refractivity (Wildman–Crippen MR) is 60.4 cm³/mol. The quantitative estimate of drug-likeness (QED) is 0.719. The highest BCUT2D eigenvalue weighted by Crippen LogP contribution is 2.22. The van der Waals surface area contributed by atoms with Gasteiger partial charge in [-0.15, -0.1) is 0 Å². The molecule has 0 bridgehead atoms. The first kappa shape index (κ1) is 12.1. The van der Waals surface area contributed by atoms with Crippen molar-refractivity contribution in [3.63, 3.8) is 0 Å². The van der Waals surface area contributed by atoms with Gasteiger partial charge in [0.15, 0.2) is 6.10 Å². The van der Waals surface area contributed by atoms with Crippen LogP contribution in [-0.2, 0) is 14.3 Å². The molecule has 94 valence electrons. The summed E-state index contributed by atoms with van der Waals surface area (Å²) < 4.78 is 5.28. The Morgan fingerprint density at radius 1 is 1.29 bits per heavy atom. The van der Waals surface area contributed by atoms with Crippen LogP contribution < -0.4 is 0 Å². The average molecular weight is 239 g/mol. The minimum Gasteiger partial charge on any atom is -0.479 e. The van der Waals surface area contributed by atoms with E-state index in [0.717, 1.165) is 12.8 Å². The van der Waals surface area contributed by atoms with E-state index in [4.69, 9.17) is 9.84 Å². The van der Waals surface area contributed by atoms with Crippen LogP contribution in [0.1, 0.15) is 19.8 Å². The van der Waals surface area contributed by atoms with E-state index < -0.39 is 12.1 Å². The Morgan fingerprint density at radius 3 is 2.53 bits per heavy atom. The van der Waals surface area contributed by atoms with Gasteiger partial charge in [-0.2, -0.15) is 0 Å². The molecule has 1 heterocycles. The normalized spacial score (nSPS) is 29.6. The van der Waals surface area contributed by atoms with Crippen LogP contribution in [0.25, 0.3) is 0 Å². The summed E-state index contributed by atoms with van der Waals surface area (Å²) in [7, 11) is 0. The summed E-state index contributed by atoms with van der Waals surface area (Å²) in [6.07, 6.45) is 4.42. The first-order valence-corrected chi connectivity index (χ1v) is 5.90. The van der Waals surface area contributed by atoms with Gasteiger partial charge in [-0.1, -0.05) is 12.2 Å². The molecule has 2 aliphatic rings. The number of carbonyl (C=O) groups excluding carboxylic acids is 1. The number of morpholine rings is 1. The Morgan fingerprint density at radius 2 is 1.94 bits per heavy atom. The summed E-state index contributed by atoms with van der Waals surface area (Å²) in [6, 6.07) is 0. The lowest BCUT2D eigenvalue weighted by Gasteiger charge is -2.36. The highest BCUT2D eigenvalue weighted by Gasteiger charge is 2.35. The second kappa shape index (κ2) is 4.87. The van der Waals surface area contributed by atoms with Gasteiger partial charge in [0, 0.05) is 12.5 Å². The lowest BCUT2D eigenvalue weighted by atomic mass is 10.0. The Kier molecular flexibility index (Phi) is 3.47. The standard InChI is InChI=1S/C12H17NO4/c1-8-6-13(7-10(17-8)12(15)16)11(14)9-4-2-3-5-9/h2-3,8-10H,4-7H2,1H3,(H,15,16)/t8-,10?/m1/s1. The molecule has 1 aliphatic heterocycles. The van der Waals surface area contributed by atoms with E-state index in [0.29, 0.717) is 6.54 Å². The number of amides is 1. The Hall–Kier alpha value is -1.36. The van der Waals surface area contributed by atoms with Crippen molar-refractivity contribution in [2.75, 3.05) is 13.1 Å². The molecule has 1 fully saturated rings. The summed E-state index contributed by atoms with van der Waals surface area (Å²) in [5.41, 5.74) is 0. The van der Waals surface area contributed by atoms with Crippen molar-refractivity contribution in [1.29, 1.82) is 0 Å². The Balaban J connectivity index is 1.99. The third-order valence-electron chi connectivity index (χ3n) is 3.20. The maximum atomic E-state index is 12.2. The number of allylic oxidation sites excluding steroid dienone is 2. The fourth-order valence-electron chi connectivity index (χ4n) is 2.34. The van der Waals surface area contributed by atoms with Crippen LogP contribution in [0.3, 0.4) is 0 Å². The number of nitrogens with zero attached hydrogens (tertiary/aromatic N) is 1. The molecule has 0 spiro atoms. The minimum atomic E-state index is -1.00. The summed E-state index contributed by atoms with van der Waals surface area (Å²) in [4.78, 5) is 24.7. The maximum absolute atomic E-state index is 12.2. The highest BCUT2D eigenvalue weighted by atomic mass is 16.5. The molecular weight excluding hydrogens is 222 g/mol. The predicted octanol–water partition coefficient (Wildman–Crippen LogP) is 0.653. The average Bonchev–Trinajstić information content (AvgIpc) is 2.80. The first-order chi connectivity index (χ1) is 8.08. The van der Waals surface area contributed by atoms with E-state index in [1.165, 1.54) is 0 Å². The fraction of sp³-hybridized carbons (Fsp3) is 0.667. The molecule has 17 heavy (non-hydrogen) atoms. The zero-order valence-corrected chi connectivity index (χ0v) is 9.83. The SMILES string of the molecule is C[C@@H]1CN(C(=O)C2CC=CC2)CC(C(=O)O)O1. The van der Waals surface area contributed by atoms with Gasteiger partial charge in [0.25, 0.3) is 0 Å². The molecule has 2 atom stereocenters. The van der Waals surface area contributed by atoms with Crippen LogP contribution in [0.15, 0.2) is 12.2 Å². The van der Waals surface area contributed by atoms with Crippen LogP contribution in [-0.4, -0.2) is 47.2 Å². The van der Waals surface area contributed by atoms with Gasteiger partial charge in [0.1, 0.15) is 0 Å². The van der Waals surface area contributed by atoms with Crippen molar-refractivity contribution in [3.05, 3.63) is 12.2 Å². The zero-order valence-electron chi connectivity index (χ0n) is 9.83. The number of hydrogen-bond donors (Lipinski definition) is 1. The molecule has 1 aliphatic carbocycles. The van der Waals surface area contributed by atoms with Gasteiger partial charge < -0.3 is 14.7 Å². The molecular formula is C12H17NO4. The molecule has 5 heteroatoms. The largest absolute Gasteiger partial charge is 0.479 e. The van der Waals surface area contributed by atoms with Crippen LogP contribution in [0, 0.1) is 5.92 Å². The summed E-state index contributed by atoms with van der Waals surface area (Å²) in [5, 5.41) is 8.95. The molecule has 1 amide bonds. The van der Waals surface area contributed by atoms with Crippen molar-refractivity contribution in [3.8, 4) is 0 Å². The number of rotatable bonds is 2. The van der Waals surface area contributed by atoms with E-state index in [1.807, 2.05) is 12.2 Å². The minimum absolute atomic E-state index is 0.00487. The van der Waals surface area contributed by atoms with Gasteiger partial charge >= 0.3 is 5.97 Å². The van der Waals surface area contributed by atoms with Crippen LogP contribution >= 0.6 is 0 Å². The third kappa shape index (κ3) is 2.66. The molecule has 0 radical (unpaired) electrons. The van der Waals surface area contributed by atoms with Gasteiger partial charge in [-0.25, -0.2) is 4.79 Å².